The molecule has 5 nitrogen and oxygen atoms in total. The zero-order valence-corrected chi connectivity index (χ0v) is 12.2. The first-order valence-electron chi connectivity index (χ1n) is 7.38. The molecule has 0 unspecified atom stereocenters. The second-order valence-corrected chi connectivity index (χ2v) is 5.79. The Balaban J connectivity index is 1.67. The first-order valence-corrected chi connectivity index (χ1v) is 7.38. The number of nitrogens with one attached hydrogen (secondary N) is 1. The summed E-state index contributed by atoms with van der Waals surface area (Å²) < 4.78 is 5.18. The van der Waals surface area contributed by atoms with Crippen LogP contribution in [0.1, 0.15) is 28.8 Å². The van der Waals surface area contributed by atoms with E-state index in [1.165, 1.54) is 0 Å². The van der Waals surface area contributed by atoms with Gasteiger partial charge >= 0.3 is 0 Å². The molecule has 21 heavy (non-hydrogen) atoms. The molecule has 0 atom stereocenters. The standard InChI is InChI=1S/C16H20N2O3/c1-21-10-11-4-6-18(7-5-11)16(20)13-3-2-12-9-15(19)17-14(12)8-13/h2-3,8,11H,4-7,9-10H2,1H3,(H,17,19). The minimum absolute atomic E-state index is 0.00465. The van der Waals surface area contributed by atoms with E-state index in [-0.39, 0.29) is 11.8 Å². The van der Waals surface area contributed by atoms with Crippen molar-refractivity contribution in [3.05, 3.63) is 29.3 Å². The van der Waals surface area contributed by atoms with E-state index in [0.29, 0.717) is 17.9 Å². The fourth-order valence-corrected chi connectivity index (χ4v) is 3.07. The van der Waals surface area contributed by atoms with Crippen LogP contribution < -0.4 is 5.32 Å². The molecular formula is C16H20N2O3. The van der Waals surface area contributed by atoms with Crippen molar-refractivity contribution < 1.29 is 14.3 Å². The molecule has 1 N–H and O–H groups in total. The molecule has 0 aromatic heterocycles. The molecule has 3 rings (SSSR count). The first-order chi connectivity index (χ1) is 10.2. The summed E-state index contributed by atoms with van der Waals surface area (Å²) in [4.78, 5) is 25.8. The van der Waals surface area contributed by atoms with E-state index in [2.05, 4.69) is 5.32 Å². The smallest absolute Gasteiger partial charge is 0.253 e. The van der Waals surface area contributed by atoms with Crippen molar-refractivity contribution >= 4 is 17.5 Å². The minimum Gasteiger partial charge on any atom is -0.384 e. The van der Waals surface area contributed by atoms with E-state index in [4.69, 9.17) is 4.74 Å². The predicted octanol–water partition coefficient (Wildman–Crippen LogP) is 1.68. The lowest BCUT2D eigenvalue weighted by atomic mass is 9.97. The number of carbonyl (C=O) groups is 2. The molecule has 1 saturated heterocycles. The number of hydrogen-bond acceptors (Lipinski definition) is 3. The van der Waals surface area contributed by atoms with E-state index >= 15 is 0 Å². The number of rotatable bonds is 3. The Bertz CT molecular complexity index is 563. The van der Waals surface area contributed by atoms with E-state index in [1.807, 2.05) is 17.0 Å². The van der Waals surface area contributed by atoms with Crippen molar-refractivity contribution in [2.24, 2.45) is 5.92 Å². The van der Waals surface area contributed by atoms with E-state index < -0.39 is 0 Å². The number of nitrogens with zero attached hydrogens (tertiary/aromatic N) is 1. The topological polar surface area (TPSA) is 58.6 Å². The highest BCUT2D eigenvalue weighted by atomic mass is 16.5. The summed E-state index contributed by atoms with van der Waals surface area (Å²) >= 11 is 0. The maximum Gasteiger partial charge on any atom is 0.253 e. The minimum atomic E-state index is -0.00465. The number of carbonyl (C=O) groups excluding carboxylic acids is 2. The van der Waals surface area contributed by atoms with Gasteiger partial charge in [0.05, 0.1) is 6.42 Å². The lowest BCUT2D eigenvalue weighted by Crippen LogP contribution is -2.39. The highest BCUT2D eigenvalue weighted by Gasteiger charge is 2.25. The summed E-state index contributed by atoms with van der Waals surface area (Å²) in [6.45, 7) is 2.32. The van der Waals surface area contributed by atoms with Crippen LogP contribution in [0.3, 0.4) is 0 Å². The summed E-state index contributed by atoms with van der Waals surface area (Å²) in [5.74, 6) is 0.600. The number of anilines is 1. The average molecular weight is 288 g/mol. The van der Waals surface area contributed by atoms with Crippen molar-refractivity contribution in [3.63, 3.8) is 0 Å². The third kappa shape index (κ3) is 2.93. The Labute approximate surface area is 124 Å². The lowest BCUT2D eigenvalue weighted by molar-refractivity contribution is -0.115. The molecule has 1 fully saturated rings. The van der Waals surface area contributed by atoms with Crippen molar-refractivity contribution in [2.45, 2.75) is 19.3 Å². The van der Waals surface area contributed by atoms with Gasteiger partial charge in [0, 0.05) is 38.1 Å². The summed E-state index contributed by atoms with van der Waals surface area (Å²) in [6.07, 6.45) is 2.38. The third-order valence-corrected chi connectivity index (χ3v) is 4.29. The van der Waals surface area contributed by atoms with Gasteiger partial charge in [0.1, 0.15) is 0 Å². The van der Waals surface area contributed by atoms with Crippen molar-refractivity contribution in [1.29, 1.82) is 0 Å². The molecule has 1 aromatic rings. The number of likely N-dealkylation sites (tertiary alicyclic amines) is 1. The highest BCUT2D eigenvalue weighted by Crippen LogP contribution is 2.26. The number of fused-ring (bicyclic) bond motifs is 1. The van der Waals surface area contributed by atoms with Crippen LogP contribution >= 0.6 is 0 Å². The van der Waals surface area contributed by atoms with Crippen LogP contribution in [-0.2, 0) is 16.0 Å². The van der Waals surface area contributed by atoms with Gasteiger partial charge in [-0.1, -0.05) is 6.07 Å². The van der Waals surface area contributed by atoms with Crippen LogP contribution in [0.5, 0.6) is 0 Å². The Hall–Kier alpha value is -1.88. The van der Waals surface area contributed by atoms with Gasteiger partial charge in [0.15, 0.2) is 0 Å². The van der Waals surface area contributed by atoms with Gasteiger partial charge in [-0.05, 0) is 36.5 Å². The van der Waals surface area contributed by atoms with Crippen LogP contribution in [0, 0.1) is 5.92 Å². The number of amides is 2. The molecule has 0 bridgehead atoms. The third-order valence-electron chi connectivity index (χ3n) is 4.29. The van der Waals surface area contributed by atoms with Gasteiger partial charge in [-0.2, -0.15) is 0 Å². The van der Waals surface area contributed by atoms with Crippen LogP contribution in [0.25, 0.3) is 0 Å². The maximum atomic E-state index is 12.5. The lowest BCUT2D eigenvalue weighted by Gasteiger charge is -2.31. The van der Waals surface area contributed by atoms with Crippen molar-refractivity contribution in [3.8, 4) is 0 Å². The van der Waals surface area contributed by atoms with Crippen LogP contribution in [0.4, 0.5) is 5.69 Å². The Morgan fingerprint density at radius 2 is 2.14 bits per heavy atom. The largest absolute Gasteiger partial charge is 0.384 e. The van der Waals surface area contributed by atoms with Crippen molar-refractivity contribution in [1.82, 2.24) is 4.90 Å². The zero-order chi connectivity index (χ0) is 14.8. The zero-order valence-electron chi connectivity index (χ0n) is 12.2. The quantitative estimate of drug-likeness (QED) is 0.920. The molecule has 2 aliphatic rings. The molecule has 2 heterocycles. The fourth-order valence-electron chi connectivity index (χ4n) is 3.07. The SMILES string of the molecule is COCC1CCN(C(=O)c2ccc3c(c2)NC(=O)C3)CC1. The second kappa shape index (κ2) is 5.85. The normalized spacial score (nSPS) is 18.5. The van der Waals surface area contributed by atoms with Gasteiger partial charge in [-0.3, -0.25) is 9.59 Å². The molecule has 2 aliphatic heterocycles. The second-order valence-electron chi connectivity index (χ2n) is 5.79. The molecule has 1 aromatic carbocycles. The van der Waals surface area contributed by atoms with Crippen LogP contribution in [-0.4, -0.2) is 43.5 Å². The van der Waals surface area contributed by atoms with Gasteiger partial charge in [0.25, 0.3) is 5.91 Å². The summed E-state index contributed by atoms with van der Waals surface area (Å²) in [7, 11) is 1.72. The van der Waals surface area contributed by atoms with Gasteiger partial charge in [0.2, 0.25) is 5.91 Å². The van der Waals surface area contributed by atoms with Crippen molar-refractivity contribution in [2.75, 3.05) is 32.1 Å². The molecule has 0 saturated carbocycles. The summed E-state index contributed by atoms with van der Waals surface area (Å²) in [5, 5.41) is 2.79. The highest BCUT2D eigenvalue weighted by molar-refractivity contribution is 6.02. The summed E-state index contributed by atoms with van der Waals surface area (Å²) in [6, 6.07) is 5.49. The Morgan fingerprint density at radius 3 is 2.86 bits per heavy atom. The molecule has 0 spiro atoms. The van der Waals surface area contributed by atoms with Gasteiger partial charge in [-0.15, -0.1) is 0 Å². The monoisotopic (exact) mass is 288 g/mol. The molecule has 112 valence electrons. The van der Waals surface area contributed by atoms with E-state index in [0.717, 1.165) is 43.8 Å². The fraction of sp³-hybridized carbons (Fsp3) is 0.500. The number of hydrogen-bond donors (Lipinski definition) is 1. The van der Waals surface area contributed by atoms with Gasteiger partial charge in [-0.25, -0.2) is 0 Å². The van der Waals surface area contributed by atoms with E-state index in [9.17, 15) is 9.59 Å². The molecule has 0 radical (unpaired) electrons. The number of ether oxygens (including phenoxy) is 1. The van der Waals surface area contributed by atoms with Crippen LogP contribution in [0.2, 0.25) is 0 Å². The predicted molar refractivity (Wildman–Crippen MR) is 79.3 cm³/mol. The molecule has 2 amide bonds. The van der Waals surface area contributed by atoms with Gasteiger partial charge < -0.3 is 15.0 Å². The number of piperidine rings is 1. The molecular weight excluding hydrogens is 268 g/mol. The number of benzene rings is 1. The Kier molecular flexibility index (Phi) is 3.92. The molecule has 5 heteroatoms. The summed E-state index contributed by atoms with van der Waals surface area (Å²) in [5.41, 5.74) is 2.40. The Morgan fingerprint density at radius 1 is 1.38 bits per heavy atom. The maximum absolute atomic E-state index is 12.5. The van der Waals surface area contributed by atoms with E-state index in [1.54, 1.807) is 13.2 Å². The van der Waals surface area contributed by atoms with Crippen LogP contribution in [0.15, 0.2) is 18.2 Å². The number of methoxy groups -OCH3 is 1. The molecule has 0 aliphatic carbocycles. The first kappa shape index (κ1) is 14.1. The average Bonchev–Trinajstić information content (AvgIpc) is 2.86.